The maximum absolute atomic E-state index is 11.5. The molecule has 0 fully saturated rings. The standard InChI is InChI=1S/C26H23NO4S/c1-3-30-22(26(28)29)15-17-12-13-21-18(14-17)16(2)25(31-21)27-19-8-4-6-10-23(19)32-24-11-7-5-9-20(24)27/h4-14,22H,3,15H2,1-2H3,(H,28,29). The fourth-order valence-corrected chi connectivity index (χ4v) is 5.21. The molecule has 0 saturated carbocycles. The smallest absolute Gasteiger partial charge is 0.333 e. The Morgan fingerprint density at radius 1 is 1.06 bits per heavy atom. The second-order valence-electron chi connectivity index (χ2n) is 7.72. The quantitative estimate of drug-likeness (QED) is 0.313. The molecule has 162 valence electrons. The third-order valence-corrected chi connectivity index (χ3v) is 6.81. The molecule has 1 aromatic heterocycles. The predicted molar refractivity (Wildman–Crippen MR) is 127 cm³/mol. The fourth-order valence-electron chi connectivity index (χ4n) is 4.15. The number of ether oxygens (including phenoxy) is 1. The third-order valence-electron chi connectivity index (χ3n) is 5.68. The first-order chi connectivity index (χ1) is 15.6. The number of benzene rings is 3. The molecule has 5 nitrogen and oxygen atoms in total. The molecule has 1 aliphatic heterocycles. The first-order valence-corrected chi connectivity index (χ1v) is 11.4. The van der Waals surface area contributed by atoms with Crippen LogP contribution in [-0.4, -0.2) is 23.8 Å². The number of fused-ring (bicyclic) bond motifs is 3. The van der Waals surface area contributed by atoms with Crippen LogP contribution in [0.2, 0.25) is 0 Å². The van der Waals surface area contributed by atoms with E-state index in [4.69, 9.17) is 9.15 Å². The monoisotopic (exact) mass is 445 g/mol. The first kappa shape index (κ1) is 20.7. The first-order valence-electron chi connectivity index (χ1n) is 10.6. The van der Waals surface area contributed by atoms with Gasteiger partial charge in [-0.3, -0.25) is 4.90 Å². The van der Waals surface area contributed by atoms with Crippen molar-refractivity contribution in [2.45, 2.75) is 36.2 Å². The number of anilines is 3. The molecule has 4 aromatic rings. The number of carbonyl (C=O) groups is 1. The molecule has 32 heavy (non-hydrogen) atoms. The van der Waals surface area contributed by atoms with Gasteiger partial charge < -0.3 is 14.3 Å². The molecule has 5 rings (SSSR count). The second-order valence-corrected chi connectivity index (χ2v) is 8.81. The van der Waals surface area contributed by atoms with Gasteiger partial charge in [0, 0.05) is 33.8 Å². The molecule has 0 radical (unpaired) electrons. The molecule has 0 saturated heterocycles. The lowest BCUT2D eigenvalue weighted by Gasteiger charge is -2.31. The topological polar surface area (TPSA) is 62.9 Å². The van der Waals surface area contributed by atoms with Crippen LogP contribution in [0.5, 0.6) is 0 Å². The van der Waals surface area contributed by atoms with Crippen LogP contribution in [0.25, 0.3) is 11.0 Å². The Hall–Kier alpha value is -3.22. The zero-order valence-electron chi connectivity index (χ0n) is 17.9. The van der Waals surface area contributed by atoms with Crippen molar-refractivity contribution >= 4 is 46.0 Å². The molecule has 0 amide bonds. The van der Waals surface area contributed by atoms with Crippen molar-refractivity contribution in [2.75, 3.05) is 11.5 Å². The Labute approximate surface area is 190 Å². The lowest BCUT2D eigenvalue weighted by atomic mass is 10.0. The fraction of sp³-hybridized carbons (Fsp3) is 0.192. The summed E-state index contributed by atoms with van der Waals surface area (Å²) in [5.41, 5.74) is 4.87. The van der Waals surface area contributed by atoms with Crippen LogP contribution in [-0.2, 0) is 16.0 Å². The van der Waals surface area contributed by atoms with Gasteiger partial charge in [0.1, 0.15) is 5.58 Å². The highest BCUT2D eigenvalue weighted by Crippen LogP contribution is 2.52. The number of hydrogen-bond acceptors (Lipinski definition) is 5. The Balaban J connectivity index is 1.60. The van der Waals surface area contributed by atoms with E-state index in [0.717, 1.165) is 39.4 Å². The highest BCUT2D eigenvalue weighted by Gasteiger charge is 2.28. The van der Waals surface area contributed by atoms with Gasteiger partial charge in [-0.05, 0) is 55.8 Å². The SMILES string of the molecule is CCOC(Cc1ccc2oc(N3c4ccccc4Sc4ccccc43)c(C)c2c1)C(=O)O. The number of carboxylic acid groups (broad SMARTS) is 1. The zero-order valence-corrected chi connectivity index (χ0v) is 18.7. The Bertz CT molecular complexity index is 1270. The van der Waals surface area contributed by atoms with Gasteiger partial charge in [-0.15, -0.1) is 0 Å². The Kier molecular flexibility index (Phi) is 5.41. The molecule has 6 heteroatoms. The van der Waals surface area contributed by atoms with Gasteiger partial charge in [-0.2, -0.15) is 0 Å². The minimum absolute atomic E-state index is 0.311. The predicted octanol–water partition coefficient (Wildman–Crippen LogP) is 6.71. The van der Waals surface area contributed by atoms with Crippen LogP contribution >= 0.6 is 11.8 Å². The van der Waals surface area contributed by atoms with Crippen molar-refractivity contribution < 1.29 is 19.1 Å². The Morgan fingerprint density at radius 2 is 1.72 bits per heavy atom. The van der Waals surface area contributed by atoms with Gasteiger partial charge in [0.15, 0.2) is 6.10 Å². The van der Waals surface area contributed by atoms with Gasteiger partial charge >= 0.3 is 5.97 Å². The molecule has 1 atom stereocenters. The summed E-state index contributed by atoms with van der Waals surface area (Å²) in [5.74, 6) is -0.174. The van der Waals surface area contributed by atoms with Gasteiger partial charge in [-0.25, -0.2) is 4.79 Å². The number of hydrogen-bond donors (Lipinski definition) is 1. The van der Waals surface area contributed by atoms with Crippen LogP contribution < -0.4 is 4.90 Å². The van der Waals surface area contributed by atoms with Crippen molar-refractivity contribution in [1.29, 1.82) is 0 Å². The summed E-state index contributed by atoms with van der Waals surface area (Å²) in [7, 11) is 0. The minimum Gasteiger partial charge on any atom is -0.479 e. The van der Waals surface area contributed by atoms with E-state index in [1.165, 1.54) is 9.79 Å². The van der Waals surface area contributed by atoms with Crippen molar-refractivity contribution in [1.82, 2.24) is 0 Å². The largest absolute Gasteiger partial charge is 0.479 e. The molecular weight excluding hydrogens is 422 g/mol. The molecule has 0 bridgehead atoms. The molecule has 1 aliphatic rings. The maximum Gasteiger partial charge on any atom is 0.333 e. The molecule has 0 spiro atoms. The van der Waals surface area contributed by atoms with Crippen LogP contribution in [0.15, 0.2) is 80.9 Å². The molecule has 2 heterocycles. The van der Waals surface area contributed by atoms with E-state index in [0.29, 0.717) is 13.0 Å². The summed E-state index contributed by atoms with van der Waals surface area (Å²) >= 11 is 1.76. The molecule has 0 aliphatic carbocycles. The van der Waals surface area contributed by atoms with Gasteiger partial charge in [0.25, 0.3) is 0 Å². The summed E-state index contributed by atoms with van der Waals surface area (Å²) in [6.45, 7) is 4.22. The average molecular weight is 446 g/mol. The number of nitrogens with zero attached hydrogens (tertiary/aromatic N) is 1. The molecule has 3 aromatic carbocycles. The second kappa shape index (κ2) is 8.37. The number of aliphatic carboxylic acids is 1. The summed E-state index contributed by atoms with van der Waals surface area (Å²) < 4.78 is 11.8. The van der Waals surface area contributed by atoms with Crippen molar-refractivity contribution in [3.05, 3.63) is 77.9 Å². The lowest BCUT2D eigenvalue weighted by molar-refractivity contribution is -0.149. The average Bonchev–Trinajstić information content (AvgIpc) is 3.12. The number of furan rings is 1. The van der Waals surface area contributed by atoms with Gasteiger partial charge in [0.05, 0.1) is 11.4 Å². The van der Waals surface area contributed by atoms with Crippen molar-refractivity contribution in [3.63, 3.8) is 0 Å². The van der Waals surface area contributed by atoms with Crippen LogP contribution in [0.3, 0.4) is 0 Å². The number of carboxylic acids is 1. The highest BCUT2D eigenvalue weighted by molar-refractivity contribution is 7.99. The van der Waals surface area contributed by atoms with E-state index in [-0.39, 0.29) is 0 Å². The summed E-state index contributed by atoms with van der Waals surface area (Å²) in [5, 5.41) is 10.4. The van der Waals surface area contributed by atoms with E-state index < -0.39 is 12.1 Å². The van der Waals surface area contributed by atoms with Crippen molar-refractivity contribution in [3.8, 4) is 0 Å². The van der Waals surface area contributed by atoms with Crippen LogP contribution in [0.4, 0.5) is 17.3 Å². The molecule has 1 N–H and O–H groups in total. The van der Waals surface area contributed by atoms with E-state index in [1.807, 2.05) is 42.5 Å². The third kappa shape index (κ3) is 3.55. The Morgan fingerprint density at radius 3 is 2.34 bits per heavy atom. The zero-order chi connectivity index (χ0) is 22.2. The highest BCUT2D eigenvalue weighted by atomic mass is 32.2. The van der Waals surface area contributed by atoms with Gasteiger partial charge in [0.2, 0.25) is 5.88 Å². The number of para-hydroxylation sites is 2. The summed E-state index contributed by atoms with van der Waals surface area (Å²) in [6.07, 6.45) is -0.549. The van der Waals surface area contributed by atoms with E-state index in [2.05, 4.69) is 36.1 Å². The van der Waals surface area contributed by atoms with E-state index in [9.17, 15) is 9.90 Å². The lowest BCUT2D eigenvalue weighted by Crippen LogP contribution is -2.26. The van der Waals surface area contributed by atoms with Crippen LogP contribution in [0.1, 0.15) is 18.1 Å². The summed E-state index contributed by atoms with van der Waals surface area (Å²) in [6, 6.07) is 22.5. The molecule has 1 unspecified atom stereocenters. The number of aryl methyl sites for hydroxylation is 1. The number of rotatable bonds is 6. The van der Waals surface area contributed by atoms with Crippen molar-refractivity contribution in [2.24, 2.45) is 0 Å². The normalized spacial score (nSPS) is 13.6. The van der Waals surface area contributed by atoms with Crippen LogP contribution in [0, 0.1) is 6.92 Å². The molecular formula is C26H23NO4S. The van der Waals surface area contributed by atoms with E-state index in [1.54, 1.807) is 18.7 Å². The van der Waals surface area contributed by atoms with E-state index >= 15 is 0 Å². The van der Waals surface area contributed by atoms with Gasteiger partial charge in [-0.1, -0.05) is 42.1 Å². The maximum atomic E-state index is 11.5. The summed E-state index contributed by atoms with van der Waals surface area (Å²) in [4.78, 5) is 16.0. The minimum atomic E-state index is -0.949.